The van der Waals surface area contributed by atoms with Crippen LogP contribution in [0.2, 0.25) is 0 Å². The molecule has 4 heteroatoms. The summed E-state index contributed by atoms with van der Waals surface area (Å²) in [5, 5.41) is 0. The molecule has 1 heterocycles. The van der Waals surface area contributed by atoms with Crippen LogP contribution >= 0.6 is 0 Å². The topological polar surface area (TPSA) is 42.1 Å². The Bertz CT molecular complexity index is 511. The highest BCUT2D eigenvalue weighted by Gasteiger charge is 2.09. The van der Waals surface area contributed by atoms with E-state index in [0.717, 1.165) is 12.0 Å². The first-order valence-corrected chi connectivity index (χ1v) is 5.85. The van der Waals surface area contributed by atoms with Crippen molar-refractivity contribution in [1.82, 2.24) is 4.98 Å². The molecule has 0 aliphatic rings. The molecule has 0 fully saturated rings. The number of nitrogens with two attached hydrogens (primary N) is 1. The molecule has 0 saturated carbocycles. The molecule has 0 radical (unpaired) electrons. The summed E-state index contributed by atoms with van der Waals surface area (Å²) in [6, 6.07) is 10.5. The van der Waals surface area contributed by atoms with E-state index in [-0.39, 0.29) is 5.82 Å². The number of halogens is 1. The van der Waals surface area contributed by atoms with Crippen LogP contribution in [0.1, 0.15) is 5.56 Å². The van der Waals surface area contributed by atoms with Crippen molar-refractivity contribution in [3.05, 3.63) is 54.0 Å². The fourth-order valence-corrected chi connectivity index (χ4v) is 1.78. The molecule has 94 valence electrons. The predicted octanol–water partition coefficient (Wildman–Crippen LogP) is 2.49. The summed E-state index contributed by atoms with van der Waals surface area (Å²) in [5.41, 5.74) is 7.08. The van der Waals surface area contributed by atoms with Gasteiger partial charge >= 0.3 is 0 Å². The summed E-state index contributed by atoms with van der Waals surface area (Å²) in [5.74, 6) is 0.453. The van der Waals surface area contributed by atoms with Crippen LogP contribution in [0, 0.1) is 5.82 Å². The van der Waals surface area contributed by atoms with Crippen molar-refractivity contribution in [3.8, 4) is 0 Å². The van der Waals surface area contributed by atoms with Gasteiger partial charge in [0.2, 0.25) is 0 Å². The lowest BCUT2D eigenvalue weighted by Crippen LogP contribution is -2.13. The van der Waals surface area contributed by atoms with Gasteiger partial charge in [-0.15, -0.1) is 0 Å². The van der Waals surface area contributed by atoms with Crippen molar-refractivity contribution >= 4 is 11.5 Å². The highest BCUT2D eigenvalue weighted by Crippen LogP contribution is 2.24. The molecule has 0 aliphatic heterocycles. The van der Waals surface area contributed by atoms with Crippen molar-refractivity contribution < 1.29 is 4.39 Å². The zero-order valence-electron chi connectivity index (χ0n) is 10.3. The van der Waals surface area contributed by atoms with Gasteiger partial charge in [-0.2, -0.15) is 0 Å². The minimum atomic E-state index is -0.257. The van der Waals surface area contributed by atoms with Crippen molar-refractivity contribution in [2.75, 3.05) is 18.5 Å². The number of hydrogen-bond acceptors (Lipinski definition) is 3. The van der Waals surface area contributed by atoms with Gasteiger partial charge in [0.25, 0.3) is 0 Å². The standard InChI is InChI=1S/C14H16FN3/c1-18(13-5-3-2-4-12(13)15)14-7-6-11(8-9-16)10-17-14/h2-7,10H,8-9,16H2,1H3. The van der Waals surface area contributed by atoms with Crippen LogP contribution in [0.25, 0.3) is 0 Å². The van der Waals surface area contributed by atoms with Gasteiger partial charge in [-0.25, -0.2) is 9.37 Å². The Morgan fingerprint density at radius 3 is 2.61 bits per heavy atom. The fourth-order valence-electron chi connectivity index (χ4n) is 1.78. The van der Waals surface area contributed by atoms with E-state index in [1.54, 1.807) is 36.3 Å². The molecule has 2 aromatic rings. The molecule has 0 saturated heterocycles. The highest BCUT2D eigenvalue weighted by molar-refractivity contribution is 5.59. The van der Waals surface area contributed by atoms with E-state index in [4.69, 9.17) is 5.73 Å². The molecule has 1 aromatic carbocycles. The molecule has 2 N–H and O–H groups in total. The molecular formula is C14H16FN3. The second-order valence-electron chi connectivity index (χ2n) is 4.07. The second-order valence-corrected chi connectivity index (χ2v) is 4.07. The van der Waals surface area contributed by atoms with Gasteiger partial charge in [0.15, 0.2) is 0 Å². The van der Waals surface area contributed by atoms with Crippen LogP contribution in [0.4, 0.5) is 15.9 Å². The molecule has 18 heavy (non-hydrogen) atoms. The Hall–Kier alpha value is -1.94. The van der Waals surface area contributed by atoms with Gasteiger partial charge in [-0.1, -0.05) is 18.2 Å². The smallest absolute Gasteiger partial charge is 0.146 e. The minimum absolute atomic E-state index is 0.257. The molecule has 0 amide bonds. The number of pyridine rings is 1. The second kappa shape index (κ2) is 5.60. The summed E-state index contributed by atoms with van der Waals surface area (Å²) in [6.07, 6.45) is 2.58. The van der Waals surface area contributed by atoms with Crippen molar-refractivity contribution in [3.63, 3.8) is 0 Å². The van der Waals surface area contributed by atoms with E-state index in [2.05, 4.69) is 4.98 Å². The molecule has 0 atom stereocenters. The Labute approximate surface area is 106 Å². The summed E-state index contributed by atoms with van der Waals surface area (Å²) >= 11 is 0. The van der Waals surface area contributed by atoms with Crippen LogP contribution in [-0.2, 0) is 6.42 Å². The largest absolute Gasteiger partial charge is 0.330 e. The fraction of sp³-hybridized carbons (Fsp3) is 0.214. The van der Waals surface area contributed by atoms with Crippen molar-refractivity contribution in [2.24, 2.45) is 5.73 Å². The van der Waals surface area contributed by atoms with Crippen molar-refractivity contribution in [2.45, 2.75) is 6.42 Å². The van der Waals surface area contributed by atoms with Gasteiger partial charge < -0.3 is 10.6 Å². The SMILES string of the molecule is CN(c1ccc(CCN)cn1)c1ccccc1F. The maximum Gasteiger partial charge on any atom is 0.146 e. The maximum atomic E-state index is 13.6. The Morgan fingerprint density at radius 2 is 2.00 bits per heavy atom. The highest BCUT2D eigenvalue weighted by atomic mass is 19.1. The van der Waals surface area contributed by atoms with E-state index in [9.17, 15) is 4.39 Å². The van der Waals surface area contributed by atoms with E-state index in [1.807, 2.05) is 12.1 Å². The van der Waals surface area contributed by atoms with Gasteiger partial charge in [0, 0.05) is 13.2 Å². The van der Waals surface area contributed by atoms with Crippen LogP contribution in [0.5, 0.6) is 0 Å². The third-order valence-corrected chi connectivity index (χ3v) is 2.80. The summed E-state index contributed by atoms with van der Waals surface area (Å²) < 4.78 is 13.6. The maximum absolute atomic E-state index is 13.6. The molecule has 1 aromatic heterocycles. The Balaban J connectivity index is 2.23. The van der Waals surface area contributed by atoms with Crippen LogP contribution in [0.3, 0.4) is 0 Å². The van der Waals surface area contributed by atoms with E-state index in [1.165, 1.54) is 6.07 Å². The minimum Gasteiger partial charge on any atom is -0.330 e. The molecule has 0 bridgehead atoms. The third kappa shape index (κ3) is 2.65. The normalized spacial score (nSPS) is 10.4. The van der Waals surface area contributed by atoms with Crippen molar-refractivity contribution in [1.29, 1.82) is 0 Å². The molecule has 0 spiro atoms. The number of para-hydroxylation sites is 1. The first-order chi connectivity index (χ1) is 8.72. The van der Waals surface area contributed by atoms with E-state index in [0.29, 0.717) is 18.1 Å². The quantitative estimate of drug-likeness (QED) is 0.899. The monoisotopic (exact) mass is 245 g/mol. The average Bonchev–Trinajstić information content (AvgIpc) is 2.40. The summed E-state index contributed by atoms with van der Waals surface area (Å²) in [6.45, 7) is 0.601. The first kappa shape index (κ1) is 12.5. The van der Waals surface area contributed by atoms with Crippen LogP contribution in [0.15, 0.2) is 42.6 Å². The van der Waals surface area contributed by atoms with E-state index < -0.39 is 0 Å². The first-order valence-electron chi connectivity index (χ1n) is 5.85. The zero-order valence-corrected chi connectivity index (χ0v) is 10.3. The molecule has 2 rings (SSSR count). The van der Waals surface area contributed by atoms with Gasteiger partial charge in [-0.3, -0.25) is 0 Å². The summed E-state index contributed by atoms with van der Waals surface area (Å²) in [4.78, 5) is 6.04. The lowest BCUT2D eigenvalue weighted by atomic mass is 10.2. The Morgan fingerprint density at radius 1 is 1.22 bits per heavy atom. The lowest BCUT2D eigenvalue weighted by Gasteiger charge is -2.19. The predicted molar refractivity (Wildman–Crippen MR) is 71.5 cm³/mol. The number of aromatic nitrogens is 1. The number of hydrogen-bond donors (Lipinski definition) is 1. The van der Waals surface area contributed by atoms with E-state index >= 15 is 0 Å². The van der Waals surface area contributed by atoms with Gasteiger partial charge in [0.05, 0.1) is 5.69 Å². The molecular weight excluding hydrogens is 229 g/mol. The van der Waals surface area contributed by atoms with Crippen LogP contribution < -0.4 is 10.6 Å². The average molecular weight is 245 g/mol. The number of benzene rings is 1. The molecule has 0 aliphatic carbocycles. The van der Waals surface area contributed by atoms with Gasteiger partial charge in [0.1, 0.15) is 11.6 Å². The lowest BCUT2D eigenvalue weighted by molar-refractivity contribution is 0.627. The van der Waals surface area contributed by atoms with Crippen LogP contribution in [-0.4, -0.2) is 18.6 Å². The third-order valence-electron chi connectivity index (χ3n) is 2.80. The number of nitrogens with zero attached hydrogens (tertiary/aromatic N) is 2. The Kier molecular flexibility index (Phi) is 3.89. The summed E-state index contributed by atoms with van der Waals surface area (Å²) in [7, 11) is 1.79. The molecule has 0 unspecified atom stereocenters. The number of rotatable bonds is 4. The number of anilines is 2. The van der Waals surface area contributed by atoms with Gasteiger partial charge in [-0.05, 0) is 36.7 Å². The molecule has 3 nitrogen and oxygen atoms in total. The zero-order chi connectivity index (χ0) is 13.0.